The molecule has 0 saturated carbocycles. The Balaban J connectivity index is 0.925. The highest BCUT2D eigenvalue weighted by atomic mass is 16.1. The van der Waals surface area contributed by atoms with E-state index in [1.54, 1.807) is 0 Å². The predicted octanol–water partition coefficient (Wildman–Crippen LogP) is 15.9. The first-order valence-corrected chi connectivity index (χ1v) is 23.8. The van der Waals surface area contributed by atoms with Crippen molar-refractivity contribution in [3.8, 4) is 55.6 Å². The largest absolute Gasteiger partial charge is 0.397 e. The summed E-state index contributed by atoms with van der Waals surface area (Å²) in [5.74, 6) is -0.236. The van der Waals surface area contributed by atoms with Crippen LogP contribution < -0.4 is 10.6 Å². The van der Waals surface area contributed by atoms with E-state index in [0.29, 0.717) is 12.1 Å². The third kappa shape index (κ3) is 6.24. The number of nitrogens with zero attached hydrogens (tertiary/aromatic N) is 1. The molecule has 0 amide bonds. The number of hydrogen-bond donors (Lipinski definition) is 1. The molecular weight excluding hydrogens is 837 g/mol. The van der Waals surface area contributed by atoms with Gasteiger partial charge in [0.1, 0.15) is 0 Å². The summed E-state index contributed by atoms with van der Waals surface area (Å²) in [7, 11) is 0. The minimum atomic E-state index is -0.583. The van der Waals surface area contributed by atoms with E-state index < -0.39 is 5.41 Å². The molecule has 0 bridgehead atoms. The molecule has 1 spiro atoms. The molecule has 2 aliphatic carbocycles. The Labute approximate surface area is 403 Å². The van der Waals surface area contributed by atoms with Crippen molar-refractivity contribution in [2.24, 2.45) is 0 Å². The quantitative estimate of drug-likeness (QED) is 0.122. The second kappa shape index (κ2) is 15.9. The van der Waals surface area contributed by atoms with Gasteiger partial charge in [-0.3, -0.25) is 4.79 Å². The molecule has 69 heavy (non-hydrogen) atoms. The zero-order valence-electron chi connectivity index (χ0n) is 37.9. The Bertz CT molecular complexity index is 3650. The van der Waals surface area contributed by atoms with Crippen molar-refractivity contribution in [3.63, 3.8) is 0 Å². The zero-order valence-corrected chi connectivity index (χ0v) is 37.9. The smallest absolute Gasteiger partial charge is 0.170 e. The maximum Gasteiger partial charge on any atom is 0.170 e. The van der Waals surface area contributed by atoms with E-state index in [1.165, 1.54) is 44.5 Å². The summed E-state index contributed by atoms with van der Waals surface area (Å²) in [5, 5.41) is 0. The van der Waals surface area contributed by atoms with Gasteiger partial charge in [0.2, 0.25) is 0 Å². The lowest BCUT2D eigenvalue weighted by atomic mass is 9.69. The van der Waals surface area contributed by atoms with Gasteiger partial charge in [-0.2, -0.15) is 0 Å². The SMILES string of the molecule is C=C1c2ccccc2-c2cc(-c3ccc(-c4ccc5c(c4)C4(c6ccccc6-c6ccccc64)c4cc(C(Cc6ccccc6)C(=O)c6ccccc6)ccc4-5)cc3)ccc2N1c1ccccc1N. The van der Waals surface area contributed by atoms with Crippen LogP contribution in [-0.4, -0.2) is 5.78 Å². The van der Waals surface area contributed by atoms with Crippen LogP contribution in [0.4, 0.5) is 17.1 Å². The average Bonchev–Trinajstić information content (AvgIpc) is 3.88. The van der Waals surface area contributed by atoms with Gasteiger partial charge in [0.25, 0.3) is 0 Å². The summed E-state index contributed by atoms with van der Waals surface area (Å²) in [6.07, 6.45) is 0.608. The lowest BCUT2D eigenvalue weighted by Gasteiger charge is -2.35. The van der Waals surface area contributed by atoms with Crippen molar-refractivity contribution in [3.05, 3.63) is 288 Å². The second-order valence-electron chi connectivity index (χ2n) is 18.6. The van der Waals surface area contributed by atoms with E-state index in [2.05, 4.69) is 193 Å². The Morgan fingerprint density at radius 3 is 1.62 bits per heavy atom. The number of hydrogen-bond acceptors (Lipinski definition) is 3. The monoisotopic (exact) mass is 882 g/mol. The third-order valence-corrected chi connectivity index (χ3v) is 14.9. The molecule has 1 aliphatic heterocycles. The maximum absolute atomic E-state index is 14.7. The van der Waals surface area contributed by atoms with Crippen molar-refractivity contribution in [2.45, 2.75) is 17.8 Å². The molecule has 3 aliphatic rings. The highest BCUT2D eigenvalue weighted by Crippen LogP contribution is 2.63. The summed E-state index contributed by atoms with van der Waals surface area (Å²) >= 11 is 0. The standard InChI is InChI=1S/C66H46N2O/c1-42-50-20-8-9-21-51(50)57-39-47(34-37-63(57)68(42)64-27-15-14-26-62(64)67)44-28-30-45(31-29-44)48-32-35-54-55-36-33-49(56(38-43-16-4-2-5-17-43)65(69)46-18-6-3-7-19-46)41-61(55)66(60(54)40-48)58-24-12-10-22-52(58)53-23-11-13-25-59(53)66/h2-37,39-41,56H,1,38,67H2. The average molecular weight is 883 g/mol. The zero-order chi connectivity index (χ0) is 46.2. The van der Waals surface area contributed by atoms with E-state index in [-0.39, 0.29) is 11.7 Å². The van der Waals surface area contributed by atoms with Crippen LogP contribution in [0.1, 0.15) is 55.2 Å². The van der Waals surface area contributed by atoms with Gasteiger partial charge in [-0.1, -0.05) is 213 Å². The van der Waals surface area contributed by atoms with Crippen molar-refractivity contribution in [2.75, 3.05) is 10.6 Å². The van der Waals surface area contributed by atoms with Gasteiger partial charge in [-0.25, -0.2) is 0 Å². The van der Waals surface area contributed by atoms with Crippen molar-refractivity contribution >= 4 is 28.5 Å². The number of carbonyl (C=O) groups excluding carboxylic acids is 1. The Morgan fingerprint density at radius 1 is 0.435 bits per heavy atom. The molecule has 0 radical (unpaired) electrons. The Morgan fingerprint density at radius 2 is 0.942 bits per heavy atom. The van der Waals surface area contributed by atoms with Gasteiger partial charge < -0.3 is 10.6 Å². The van der Waals surface area contributed by atoms with Crippen molar-refractivity contribution < 1.29 is 4.79 Å². The fraction of sp³-hybridized carbons (Fsp3) is 0.0455. The number of carbonyl (C=O) groups is 1. The van der Waals surface area contributed by atoms with Crippen LogP contribution in [0.15, 0.2) is 243 Å². The van der Waals surface area contributed by atoms with Crippen LogP contribution in [0.3, 0.4) is 0 Å². The molecule has 326 valence electrons. The van der Waals surface area contributed by atoms with Crippen LogP contribution in [0.5, 0.6) is 0 Å². The third-order valence-electron chi connectivity index (χ3n) is 14.9. The van der Waals surface area contributed by atoms with Crippen LogP contribution >= 0.6 is 0 Å². The van der Waals surface area contributed by atoms with Crippen LogP contribution in [-0.2, 0) is 11.8 Å². The van der Waals surface area contributed by atoms with Gasteiger partial charge in [-0.15, -0.1) is 0 Å². The summed E-state index contributed by atoms with van der Waals surface area (Å²) in [4.78, 5) is 16.9. The van der Waals surface area contributed by atoms with Crippen molar-refractivity contribution in [1.82, 2.24) is 0 Å². The molecule has 3 nitrogen and oxygen atoms in total. The number of nitrogens with two attached hydrogens (primary N) is 1. The molecule has 10 aromatic carbocycles. The first-order chi connectivity index (χ1) is 34.0. The maximum atomic E-state index is 14.7. The molecule has 1 heterocycles. The fourth-order valence-corrected chi connectivity index (χ4v) is 11.8. The molecule has 0 aromatic heterocycles. The minimum Gasteiger partial charge on any atom is -0.397 e. The minimum absolute atomic E-state index is 0.132. The van der Waals surface area contributed by atoms with Gasteiger partial charge in [0.05, 0.1) is 28.4 Å². The summed E-state index contributed by atoms with van der Waals surface area (Å²) < 4.78 is 0. The van der Waals surface area contributed by atoms with Crippen LogP contribution in [0.25, 0.3) is 61.3 Å². The Hall–Kier alpha value is -8.79. The topological polar surface area (TPSA) is 46.3 Å². The summed E-state index contributed by atoms with van der Waals surface area (Å²) in [6, 6.07) is 84.2. The highest BCUT2D eigenvalue weighted by molar-refractivity contribution is 6.05. The fourth-order valence-electron chi connectivity index (χ4n) is 11.8. The molecule has 10 aromatic rings. The van der Waals surface area contributed by atoms with Gasteiger partial charge in [0.15, 0.2) is 5.78 Å². The number of ketones is 1. The molecule has 2 N–H and O–H groups in total. The second-order valence-corrected chi connectivity index (χ2v) is 18.6. The number of rotatable bonds is 8. The van der Waals surface area contributed by atoms with Gasteiger partial charge >= 0.3 is 0 Å². The van der Waals surface area contributed by atoms with E-state index in [0.717, 1.165) is 72.7 Å². The number of fused-ring (bicyclic) bond motifs is 13. The summed E-state index contributed by atoms with van der Waals surface area (Å²) in [5.41, 5.74) is 30.4. The number of nitrogen functional groups attached to an aromatic ring is 1. The number of para-hydroxylation sites is 2. The molecule has 13 rings (SSSR count). The van der Waals surface area contributed by atoms with Crippen molar-refractivity contribution in [1.29, 1.82) is 0 Å². The van der Waals surface area contributed by atoms with Crippen LogP contribution in [0.2, 0.25) is 0 Å². The number of benzene rings is 10. The predicted molar refractivity (Wildman–Crippen MR) is 285 cm³/mol. The number of Topliss-reactive ketones (excluding diaryl/α,β-unsaturated/α-hetero) is 1. The molecular formula is C66H46N2O. The summed E-state index contributed by atoms with van der Waals surface area (Å²) in [6.45, 7) is 4.55. The molecule has 0 fully saturated rings. The molecule has 3 heteroatoms. The first kappa shape index (κ1) is 40.5. The van der Waals surface area contributed by atoms with Crippen LogP contribution in [0, 0.1) is 0 Å². The lowest BCUT2D eigenvalue weighted by Crippen LogP contribution is -2.26. The van der Waals surface area contributed by atoms with E-state index in [9.17, 15) is 4.79 Å². The van der Waals surface area contributed by atoms with Gasteiger partial charge in [0, 0.05) is 22.4 Å². The highest BCUT2D eigenvalue weighted by Gasteiger charge is 2.52. The molecule has 1 atom stereocenters. The Kier molecular flexibility index (Phi) is 9.35. The number of anilines is 3. The van der Waals surface area contributed by atoms with Gasteiger partial charge in [-0.05, 0) is 120 Å². The van der Waals surface area contributed by atoms with E-state index in [4.69, 9.17) is 5.73 Å². The molecule has 0 saturated heterocycles. The van der Waals surface area contributed by atoms with E-state index >= 15 is 0 Å². The molecule has 1 unspecified atom stereocenters. The van der Waals surface area contributed by atoms with E-state index in [1.807, 2.05) is 54.6 Å². The normalized spacial score (nSPS) is 13.7. The lowest BCUT2D eigenvalue weighted by molar-refractivity contribution is 0.0958. The first-order valence-electron chi connectivity index (χ1n) is 23.8.